The molecule has 3 rings (SSSR count). The van der Waals surface area contributed by atoms with E-state index in [9.17, 15) is 13.2 Å². The van der Waals surface area contributed by atoms with Crippen LogP contribution in [0.3, 0.4) is 0 Å². The zero-order chi connectivity index (χ0) is 23.1. The van der Waals surface area contributed by atoms with Gasteiger partial charge >= 0.3 is 0 Å². The maximum atomic E-state index is 13.0. The number of anilines is 2. The molecule has 1 amide bonds. The predicted octanol–water partition coefficient (Wildman–Crippen LogP) is 5.38. The SMILES string of the molecule is CCSc1ccccc1NC(=O)C(C)N(c1ccc(Oc2ccccc2)cc1)S(C)(=O)=O. The highest BCUT2D eigenvalue weighted by Gasteiger charge is 2.29. The molecule has 3 aromatic carbocycles. The molecule has 1 unspecified atom stereocenters. The van der Waals surface area contributed by atoms with Gasteiger partial charge in [-0.25, -0.2) is 8.42 Å². The second-order valence-corrected chi connectivity index (χ2v) is 10.2. The Hall–Kier alpha value is -2.97. The maximum absolute atomic E-state index is 13.0. The molecule has 3 aromatic rings. The molecule has 0 radical (unpaired) electrons. The van der Waals surface area contributed by atoms with Crippen molar-refractivity contribution in [3.63, 3.8) is 0 Å². The number of hydrogen-bond donors (Lipinski definition) is 1. The molecule has 0 heterocycles. The molecular weight excluding hydrogens is 444 g/mol. The van der Waals surface area contributed by atoms with Crippen LogP contribution in [-0.2, 0) is 14.8 Å². The van der Waals surface area contributed by atoms with Crippen LogP contribution < -0.4 is 14.4 Å². The van der Waals surface area contributed by atoms with Gasteiger partial charge in [-0.1, -0.05) is 37.3 Å². The molecule has 168 valence electrons. The van der Waals surface area contributed by atoms with Gasteiger partial charge in [-0.15, -0.1) is 11.8 Å². The van der Waals surface area contributed by atoms with E-state index in [1.165, 1.54) is 0 Å². The first-order valence-electron chi connectivity index (χ1n) is 10.1. The van der Waals surface area contributed by atoms with Crippen molar-refractivity contribution in [1.82, 2.24) is 0 Å². The zero-order valence-electron chi connectivity index (χ0n) is 18.2. The number of carbonyl (C=O) groups excluding carboxylic acids is 1. The Morgan fingerprint density at radius 3 is 2.19 bits per heavy atom. The molecule has 0 bridgehead atoms. The molecule has 8 heteroatoms. The average Bonchev–Trinajstić information content (AvgIpc) is 2.76. The third-order valence-electron chi connectivity index (χ3n) is 4.60. The fourth-order valence-electron chi connectivity index (χ4n) is 3.18. The average molecular weight is 471 g/mol. The van der Waals surface area contributed by atoms with Crippen molar-refractivity contribution in [2.75, 3.05) is 21.6 Å². The Bertz CT molecular complexity index is 1150. The van der Waals surface area contributed by atoms with Crippen molar-refractivity contribution in [3.8, 4) is 11.5 Å². The number of para-hydroxylation sites is 2. The van der Waals surface area contributed by atoms with Crippen molar-refractivity contribution >= 4 is 39.1 Å². The highest BCUT2D eigenvalue weighted by Crippen LogP contribution is 2.29. The second-order valence-electron chi connectivity index (χ2n) is 7.06. The Labute approximate surface area is 193 Å². The topological polar surface area (TPSA) is 75.7 Å². The van der Waals surface area contributed by atoms with Crippen LogP contribution in [0, 0.1) is 0 Å². The summed E-state index contributed by atoms with van der Waals surface area (Å²) >= 11 is 1.61. The fourth-order valence-corrected chi connectivity index (χ4v) is 5.12. The van der Waals surface area contributed by atoms with Crippen LogP contribution in [0.2, 0.25) is 0 Å². The van der Waals surface area contributed by atoms with Gasteiger partial charge in [0.1, 0.15) is 17.5 Å². The van der Waals surface area contributed by atoms with E-state index in [0.29, 0.717) is 22.9 Å². The van der Waals surface area contributed by atoms with Gasteiger partial charge < -0.3 is 10.1 Å². The van der Waals surface area contributed by atoms with Crippen LogP contribution in [0.5, 0.6) is 11.5 Å². The number of amides is 1. The Morgan fingerprint density at radius 2 is 1.56 bits per heavy atom. The van der Waals surface area contributed by atoms with E-state index in [-0.39, 0.29) is 0 Å². The second kappa shape index (κ2) is 10.6. The summed E-state index contributed by atoms with van der Waals surface area (Å²) in [6.45, 7) is 3.60. The summed E-state index contributed by atoms with van der Waals surface area (Å²) in [7, 11) is -3.72. The third-order valence-corrected chi connectivity index (χ3v) is 6.80. The number of rotatable bonds is 9. The van der Waals surface area contributed by atoms with Crippen LogP contribution in [0.25, 0.3) is 0 Å². The van der Waals surface area contributed by atoms with Gasteiger partial charge in [-0.2, -0.15) is 0 Å². The van der Waals surface area contributed by atoms with Gasteiger partial charge in [0.25, 0.3) is 0 Å². The predicted molar refractivity (Wildman–Crippen MR) is 131 cm³/mol. The number of carbonyl (C=O) groups is 1. The number of sulfonamides is 1. The van der Waals surface area contributed by atoms with Crippen molar-refractivity contribution < 1.29 is 17.9 Å². The Balaban J connectivity index is 1.81. The standard InChI is InChI=1S/C24H26N2O4S2/c1-4-31-23-13-9-8-12-22(23)25-24(27)18(2)26(32(3,28)29)19-14-16-21(17-15-19)30-20-10-6-5-7-11-20/h5-18H,4H2,1-3H3,(H,25,27). The summed E-state index contributed by atoms with van der Waals surface area (Å²) in [5.74, 6) is 1.69. The molecule has 0 saturated heterocycles. The van der Waals surface area contributed by atoms with Crippen molar-refractivity contribution in [3.05, 3.63) is 78.9 Å². The highest BCUT2D eigenvalue weighted by molar-refractivity contribution is 7.99. The summed E-state index contributed by atoms with van der Waals surface area (Å²) in [5, 5.41) is 2.87. The van der Waals surface area contributed by atoms with Crippen LogP contribution in [0.15, 0.2) is 83.8 Å². The Kier molecular flexibility index (Phi) is 7.82. The minimum Gasteiger partial charge on any atom is -0.457 e. The van der Waals surface area contributed by atoms with Crippen molar-refractivity contribution in [2.24, 2.45) is 0 Å². The molecule has 32 heavy (non-hydrogen) atoms. The van der Waals surface area contributed by atoms with Crippen LogP contribution in [0.4, 0.5) is 11.4 Å². The first-order chi connectivity index (χ1) is 15.3. The van der Waals surface area contributed by atoms with E-state index in [4.69, 9.17) is 4.74 Å². The first kappa shape index (κ1) is 23.7. The number of ether oxygens (including phenoxy) is 1. The van der Waals surface area contributed by atoms with Gasteiger partial charge in [0.2, 0.25) is 15.9 Å². The zero-order valence-corrected chi connectivity index (χ0v) is 19.8. The molecule has 0 saturated carbocycles. The largest absolute Gasteiger partial charge is 0.457 e. The van der Waals surface area contributed by atoms with E-state index in [2.05, 4.69) is 5.32 Å². The van der Waals surface area contributed by atoms with Gasteiger partial charge in [0, 0.05) is 4.90 Å². The normalized spacial score (nSPS) is 12.1. The summed E-state index contributed by atoms with van der Waals surface area (Å²) < 4.78 is 32.1. The molecule has 1 atom stereocenters. The minimum absolute atomic E-state index is 0.381. The lowest BCUT2D eigenvalue weighted by Gasteiger charge is -2.28. The van der Waals surface area contributed by atoms with E-state index >= 15 is 0 Å². The summed E-state index contributed by atoms with van der Waals surface area (Å²) in [4.78, 5) is 13.9. The van der Waals surface area contributed by atoms with Gasteiger partial charge in [-0.3, -0.25) is 9.10 Å². The molecule has 1 N–H and O–H groups in total. The first-order valence-corrected chi connectivity index (χ1v) is 13.0. The van der Waals surface area contributed by atoms with Crippen LogP contribution >= 0.6 is 11.8 Å². The molecule has 6 nitrogen and oxygen atoms in total. The third kappa shape index (κ3) is 6.05. The van der Waals surface area contributed by atoms with Crippen LogP contribution in [0.1, 0.15) is 13.8 Å². The highest BCUT2D eigenvalue weighted by atomic mass is 32.2. The lowest BCUT2D eigenvalue weighted by atomic mass is 10.2. The quantitative estimate of drug-likeness (QED) is 0.425. The van der Waals surface area contributed by atoms with E-state index < -0.39 is 22.0 Å². The summed E-state index contributed by atoms with van der Waals surface area (Å²) in [6.07, 6.45) is 1.09. The Morgan fingerprint density at radius 1 is 0.969 bits per heavy atom. The van der Waals surface area contributed by atoms with E-state index in [1.807, 2.05) is 61.5 Å². The van der Waals surface area contributed by atoms with Gasteiger partial charge in [0.15, 0.2) is 0 Å². The molecule has 0 aliphatic rings. The van der Waals surface area contributed by atoms with E-state index in [1.54, 1.807) is 43.0 Å². The minimum atomic E-state index is -3.72. The molecular formula is C24H26N2O4S2. The summed E-state index contributed by atoms with van der Waals surface area (Å²) in [6, 6.07) is 22.4. The number of hydrogen-bond acceptors (Lipinski definition) is 5. The fraction of sp³-hybridized carbons (Fsp3) is 0.208. The van der Waals surface area contributed by atoms with Gasteiger partial charge in [-0.05, 0) is 61.2 Å². The number of thioether (sulfide) groups is 1. The van der Waals surface area contributed by atoms with Crippen molar-refractivity contribution in [1.29, 1.82) is 0 Å². The monoisotopic (exact) mass is 470 g/mol. The smallest absolute Gasteiger partial charge is 0.248 e. The van der Waals surface area contributed by atoms with Crippen LogP contribution in [-0.4, -0.2) is 32.4 Å². The molecule has 0 spiro atoms. The molecule has 0 aliphatic heterocycles. The van der Waals surface area contributed by atoms with Crippen molar-refractivity contribution in [2.45, 2.75) is 24.8 Å². The van der Waals surface area contributed by atoms with Gasteiger partial charge in [0.05, 0.1) is 17.6 Å². The molecule has 0 aromatic heterocycles. The molecule has 0 fully saturated rings. The van der Waals surface area contributed by atoms with E-state index in [0.717, 1.165) is 21.2 Å². The maximum Gasteiger partial charge on any atom is 0.248 e. The lowest BCUT2D eigenvalue weighted by Crippen LogP contribution is -2.45. The number of benzene rings is 3. The number of nitrogens with zero attached hydrogens (tertiary/aromatic N) is 1. The number of nitrogens with one attached hydrogen (secondary N) is 1. The lowest BCUT2D eigenvalue weighted by molar-refractivity contribution is -0.116. The summed E-state index contributed by atoms with van der Waals surface area (Å²) in [5.41, 5.74) is 1.04. The molecule has 0 aliphatic carbocycles.